The van der Waals surface area contributed by atoms with Gasteiger partial charge < -0.3 is 21.1 Å². The molecule has 0 amide bonds. The van der Waals surface area contributed by atoms with E-state index in [2.05, 4.69) is 20.0 Å². The van der Waals surface area contributed by atoms with Crippen LogP contribution in [0.3, 0.4) is 0 Å². The highest BCUT2D eigenvalue weighted by Gasteiger charge is 2.43. The smallest absolute Gasteiger partial charge is 0.429 e. The lowest BCUT2D eigenvalue weighted by Gasteiger charge is -2.34. The summed E-state index contributed by atoms with van der Waals surface area (Å²) in [5.41, 5.74) is 11.5. The van der Waals surface area contributed by atoms with Gasteiger partial charge in [0.1, 0.15) is 22.8 Å². The molecule has 1 fully saturated rings. The monoisotopic (exact) mass is 450 g/mol. The summed E-state index contributed by atoms with van der Waals surface area (Å²) in [7, 11) is 2.97. The van der Waals surface area contributed by atoms with Gasteiger partial charge in [-0.1, -0.05) is 6.07 Å². The van der Waals surface area contributed by atoms with E-state index in [4.69, 9.17) is 21.6 Å². The number of nitrogens with one attached hydrogen (secondary N) is 1. The number of piperidine rings is 1. The number of aliphatic imine (C=N–C) groups is 2. The van der Waals surface area contributed by atoms with Crippen molar-refractivity contribution in [2.24, 2.45) is 21.6 Å². The second-order valence-electron chi connectivity index (χ2n) is 7.34. The first-order valence-electron chi connectivity index (χ1n) is 9.90. The van der Waals surface area contributed by atoms with Crippen molar-refractivity contribution in [2.45, 2.75) is 19.0 Å². The SMILES string of the molecule is CN=C1CCN(CCC(N)=Nc2nc(N)nc3c(OC)cccc23)CC1C(=N)C(F)(F)F. The molecule has 5 N–H and O–H groups in total. The van der Waals surface area contributed by atoms with Gasteiger partial charge in [-0.05, 0) is 18.6 Å². The lowest BCUT2D eigenvalue weighted by Crippen LogP contribution is -2.48. The first-order valence-corrected chi connectivity index (χ1v) is 9.90. The third-order valence-electron chi connectivity index (χ3n) is 5.31. The topological polar surface area (TPSA) is 139 Å². The summed E-state index contributed by atoms with van der Waals surface area (Å²) in [6.07, 6.45) is -4.01. The van der Waals surface area contributed by atoms with Gasteiger partial charge in [0.25, 0.3) is 0 Å². The first kappa shape index (κ1) is 23.4. The number of likely N-dealkylation sites (tertiary alicyclic amines) is 1. The Labute approximate surface area is 182 Å². The Morgan fingerprint density at radius 1 is 1.34 bits per heavy atom. The van der Waals surface area contributed by atoms with Crippen LogP contribution < -0.4 is 16.2 Å². The fourth-order valence-electron chi connectivity index (χ4n) is 3.67. The van der Waals surface area contributed by atoms with Gasteiger partial charge in [0.05, 0.1) is 13.0 Å². The molecule has 12 heteroatoms. The van der Waals surface area contributed by atoms with Gasteiger partial charge in [-0.2, -0.15) is 18.2 Å². The van der Waals surface area contributed by atoms with E-state index in [0.29, 0.717) is 54.1 Å². The average molecular weight is 450 g/mol. The van der Waals surface area contributed by atoms with E-state index in [1.54, 1.807) is 18.2 Å². The first-order chi connectivity index (χ1) is 15.1. The molecule has 9 nitrogen and oxygen atoms in total. The van der Waals surface area contributed by atoms with Crippen molar-refractivity contribution in [1.82, 2.24) is 14.9 Å². The van der Waals surface area contributed by atoms with Gasteiger partial charge in [0.15, 0.2) is 5.82 Å². The molecule has 2 heterocycles. The number of methoxy groups -OCH3 is 1. The van der Waals surface area contributed by atoms with Crippen molar-refractivity contribution in [3.63, 3.8) is 0 Å². The number of rotatable bonds is 6. The number of hydrogen-bond donors (Lipinski definition) is 3. The molecule has 0 spiro atoms. The molecule has 32 heavy (non-hydrogen) atoms. The van der Waals surface area contributed by atoms with Crippen LogP contribution in [-0.4, -0.2) is 72.1 Å². The fourth-order valence-corrected chi connectivity index (χ4v) is 3.67. The molecule has 0 saturated carbocycles. The lowest BCUT2D eigenvalue weighted by atomic mass is 9.90. The summed E-state index contributed by atoms with van der Waals surface area (Å²) >= 11 is 0. The number of benzene rings is 1. The molecule has 1 unspecified atom stereocenters. The van der Waals surface area contributed by atoms with Crippen LogP contribution in [0.25, 0.3) is 10.9 Å². The Balaban J connectivity index is 1.75. The van der Waals surface area contributed by atoms with Crippen LogP contribution >= 0.6 is 0 Å². The van der Waals surface area contributed by atoms with Crippen LogP contribution in [0.15, 0.2) is 28.2 Å². The summed E-state index contributed by atoms with van der Waals surface area (Å²) in [5, 5.41) is 8.15. The van der Waals surface area contributed by atoms with Gasteiger partial charge >= 0.3 is 6.18 Å². The maximum absolute atomic E-state index is 13.1. The zero-order chi connectivity index (χ0) is 23.5. The average Bonchev–Trinajstić information content (AvgIpc) is 2.75. The molecule has 1 aliphatic heterocycles. The van der Waals surface area contributed by atoms with E-state index in [9.17, 15) is 13.2 Å². The number of nitrogens with two attached hydrogens (primary N) is 2. The van der Waals surface area contributed by atoms with Crippen molar-refractivity contribution in [2.75, 3.05) is 39.5 Å². The molecule has 2 aromatic rings. The summed E-state index contributed by atoms with van der Waals surface area (Å²) in [6.45, 7) is 0.969. The zero-order valence-corrected chi connectivity index (χ0v) is 17.8. The van der Waals surface area contributed by atoms with E-state index >= 15 is 0 Å². The molecule has 1 aromatic carbocycles. The third kappa shape index (κ3) is 5.13. The minimum atomic E-state index is -4.68. The van der Waals surface area contributed by atoms with Gasteiger partial charge in [-0.15, -0.1) is 0 Å². The highest BCUT2D eigenvalue weighted by molar-refractivity contribution is 6.09. The molecule has 172 valence electrons. The van der Waals surface area contributed by atoms with Crippen molar-refractivity contribution >= 4 is 39.9 Å². The molecule has 1 atom stereocenters. The van der Waals surface area contributed by atoms with Crippen LogP contribution in [0.1, 0.15) is 12.8 Å². The maximum Gasteiger partial charge on any atom is 0.429 e. The summed E-state index contributed by atoms with van der Waals surface area (Å²) in [6, 6.07) is 5.28. The molecule has 1 saturated heterocycles. The number of alkyl halides is 3. The van der Waals surface area contributed by atoms with Crippen molar-refractivity contribution in [3.8, 4) is 5.75 Å². The minimum absolute atomic E-state index is 0.0180. The molecular formula is C20H25F3N8O. The Morgan fingerprint density at radius 2 is 2.09 bits per heavy atom. The second-order valence-corrected chi connectivity index (χ2v) is 7.34. The van der Waals surface area contributed by atoms with E-state index in [-0.39, 0.29) is 18.3 Å². The molecule has 1 aromatic heterocycles. The predicted octanol–water partition coefficient (Wildman–Crippen LogP) is 2.57. The van der Waals surface area contributed by atoms with Crippen molar-refractivity contribution in [1.29, 1.82) is 5.41 Å². The summed E-state index contributed by atoms with van der Waals surface area (Å²) in [5.74, 6) is 0.00485. The number of amidine groups is 1. The fraction of sp³-hybridized carbons (Fsp3) is 0.450. The number of fused-ring (bicyclic) bond motifs is 1. The van der Waals surface area contributed by atoms with E-state index in [1.165, 1.54) is 14.2 Å². The van der Waals surface area contributed by atoms with Crippen molar-refractivity contribution < 1.29 is 17.9 Å². The molecule has 1 aliphatic rings. The Hall–Kier alpha value is -3.28. The summed E-state index contributed by atoms with van der Waals surface area (Å²) < 4.78 is 44.5. The number of anilines is 1. The van der Waals surface area contributed by atoms with Gasteiger partial charge in [0, 0.05) is 44.2 Å². The lowest BCUT2D eigenvalue weighted by molar-refractivity contribution is -0.0632. The minimum Gasteiger partial charge on any atom is -0.494 e. The quantitative estimate of drug-likeness (QED) is 0.457. The highest BCUT2D eigenvalue weighted by atomic mass is 19.4. The van der Waals surface area contributed by atoms with Crippen LogP contribution in [0, 0.1) is 11.3 Å². The van der Waals surface area contributed by atoms with E-state index in [0.717, 1.165) is 0 Å². The second kappa shape index (κ2) is 9.47. The van der Waals surface area contributed by atoms with Crippen LogP contribution in [0.4, 0.5) is 24.9 Å². The number of nitrogens with zero attached hydrogens (tertiary/aromatic N) is 5. The molecule has 0 bridgehead atoms. The number of para-hydroxylation sites is 1. The van der Waals surface area contributed by atoms with Crippen LogP contribution in [-0.2, 0) is 0 Å². The number of ether oxygens (including phenoxy) is 1. The number of aromatic nitrogens is 2. The molecular weight excluding hydrogens is 425 g/mol. The Bertz CT molecular complexity index is 1070. The Kier molecular flexibility index (Phi) is 6.92. The highest BCUT2D eigenvalue weighted by Crippen LogP contribution is 2.30. The van der Waals surface area contributed by atoms with Crippen molar-refractivity contribution in [3.05, 3.63) is 18.2 Å². The number of hydrogen-bond acceptors (Lipinski definition) is 8. The number of nitrogen functional groups attached to an aromatic ring is 1. The van der Waals surface area contributed by atoms with E-state index < -0.39 is 17.8 Å². The maximum atomic E-state index is 13.1. The Morgan fingerprint density at radius 3 is 2.75 bits per heavy atom. The number of halogens is 3. The molecule has 3 rings (SSSR count). The largest absolute Gasteiger partial charge is 0.494 e. The third-order valence-corrected chi connectivity index (χ3v) is 5.31. The van der Waals surface area contributed by atoms with Crippen LogP contribution in [0.2, 0.25) is 0 Å². The van der Waals surface area contributed by atoms with E-state index in [1.807, 2.05) is 4.90 Å². The van der Waals surface area contributed by atoms with Gasteiger partial charge in [0.2, 0.25) is 5.95 Å². The standard InChI is InChI=1S/C20H25F3N8O/c1-27-13-6-8-31(10-12(13)17(25)20(21,22)23)9-7-15(24)28-18-11-4-3-5-14(32-2)16(11)29-19(26)30-18/h3-5,12,25H,6-10H2,1-2H3,(H4,24,26,28,29,30). The summed E-state index contributed by atoms with van der Waals surface area (Å²) in [4.78, 5) is 18.5. The predicted molar refractivity (Wildman–Crippen MR) is 118 cm³/mol. The molecule has 0 aliphatic carbocycles. The van der Waals surface area contributed by atoms with Gasteiger partial charge in [-0.25, -0.2) is 9.98 Å². The van der Waals surface area contributed by atoms with Gasteiger partial charge in [-0.3, -0.25) is 10.4 Å². The zero-order valence-electron chi connectivity index (χ0n) is 17.8. The normalized spacial score (nSPS) is 19.5. The van der Waals surface area contributed by atoms with Crippen LogP contribution in [0.5, 0.6) is 5.75 Å². The molecule has 0 radical (unpaired) electrons.